The molecular weight excluding hydrogens is 255 g/mol. The van der Waals surface area contributed by atoms with Gasteiger partial charge in [-0.25, -0.2) is 4.98 Å². The first-order valence-electron chi connectivity index (χ1n) is 6.46. The predicted octanol–water partition coefficient (Wildman–Crippen LogP) is 3.24. The van der Waals surface area contributed by atoms with Crippen LogP contribution in [0.25, 0.3) is 0 Å². The van der Waals surface area contributed by atoms with Crippen molar-refractivity contribution in [1.82, 2.24) is 9.88 Å². The Labute approximate surface area is 111 Å². The molecule has 0 saturated heterocycles. The van der Waals surface area contributed by atoms with E-state index in [1.807, 2.05) is 0 Å². The van der Waals surface area contributed by atoms with Crippen LogP contribution in [0.1, 0.15) is 25.8 Å². The van der Waals surface area contributed by atoms with Gasteiger partial charge in [0, 0.05) is 12.7 Å². The summed E-state index contributed by atoms with van der Waals surface area (Å²) in [6, 6.07) is 2.40. The summed E-state index contributed by atoms with van der Waals surface area (Å²) in [5.41, 5.74) is -0.721. The van der Waals surface area contributed by atoms with Crippen LogP contribution in [-0.4, -0.2) is 36.1 Å². The number of aromatic nitrogens is 1. The number of halogens is 3. The monoisotopic (exact) mass is 275 g/mol. The molecule has 3 nitrogen and oxygen atoms in total. The number of nitrogens with one attached hydrogen (secondary N) is 1. The van der Waals surface area contributed by atoms with Crippen molar-refractivity contribution in [3.8, 4) is 0 Å². The van der Waals surface area contributed by atoms with Crippen molar-refractivity contribution in [2.45, 2.75) is 26.4 Å². The fourth-order valence-electron chi connectivity index (χ4n) is 1.73. The van der Waals surface area contributed by atoms with Crippen LogP contribution in [0.2, 0.25) is 0 Å². The van der Waals surface area contributed by atoms with E-state index in [0.717, 1.165) is 38.3 Å². The van der Waals surface area contributed by atoms with Crippen LogP contribution >= 0.6 is 0 Å². The van der Waals surface area contributed by atoms with Crippen molar-refractivity contribution in [3.05, 3.63) is 23.9 Å². The predicted molar refractivity (Wildman–Crippen MR) is 70.1 cm³/mol. The molecule has 108 valence electrons. The topological polar surface area (TPSA) is 28.2 Å². The summed E-state index contributed by atoms with van der Waals surface area (Å²) in [5, 5.41) is 3.02. The largest absolute Gasteiger partial charge is 0.417 e. The van der Waals surface area contributed by atoms with E-state index in [4.69, 9.17) is 0 Å². The normalized spacial score (nSPS) is 11.9. The molecule has 0 bridgehead atoms. The van der Waals surface area contributed by atoms with Crippen LogP contribution in [0.4, 0.5) is 19.0 Å². The van der Waals surface area contributed by atoms with E-state index in [-0.39, 0.29) is 0 Å². The average Bonchev–Trinajstić information content (AvgIpc) is 2.38. The van der Waals surface area contributed by atoms with Gasteiger partial charge in [-0.1, -0.05) is 13.8 Å². The van der Waals surface area contributed by atoms with E-state index in [1.54, 1.807) is 0 Å². The zero-order valence-corrected chi connectivity index (χ0v) is 11.3. The van der Waals surface area contributed by atoms with Gasteiger partial charge in [-0.3, -0.25) is 0 Å². The van der Waals surface area contributed by atoms with E-state index in [1.165, 1.54) is 6.07 Å². The lowest BCUT2D eigenvalue weighted by molar-refractivity contribution is -0.137. The molecule has 0 aliphatic rings. The molecule has 0 atom stereocenters. The molecule has 1 rings (SSSR count). The maximum atomic E-state index is 12.3. The first-order chi connectivity index (χ1) is 8.97. The van der Waals surface area contributed by atoms with Gasteiger partial charge in [-0.15, -0.1) is 0 Å². The molecule has 1 N–H and O–H groups in total. The second kappa shape index (κ2) is 7.33. The molecule has 0 unspecified atom stereocenters. The summed E-state index contributed by atoms with van der Waals surface area (Å²) in [5.74, 6) is 0.479. The maximum absolute atomic E-state index is 12.3. The Kier molecular flexibility index (Phi) is 6.08. The number of hydrogen-bond donors (Lipinski definition) is 1. The lowest BCUT2D eigenvalue weighted by Crippen LogP contribution is -2.25. The quantitative estimate of drug-likeness (QED) is 0.774. The van der Waals surface area contributed by atoms with Crippen molar-refractivity contribution >= 4 is 5.82 Å². The highest BCUT2D eigenvalue weighted by Crippen LogP contribution is 2.28. The molecule has 1 heterocycles. The highest BCUT2D eigenvalue weighted by molar-refractivity contribution is 5.35. The molecule has 0 aliphatic carbocycles. The number of hydrogen-bond acceptors (Lipinski definition) is 3. The van der Waals surface area contributed by atoms with Gasteiger partial charge >= 0.3 is 6.18 Å². The SMILES string of the molecule is CCN(CC)CCCNc1ccc(C(F)(F)F)cn1. The Morgan fingerprint density at radius 2 is 1.89 bits per heavy atom. The Bertz CT molecular complexity index is 358. The third kappa shape index (κ3) is 5.46. The van der Waals surface area contributed by atoms with Gasteiger partial charge in [0.05, 0.1) is 5.56 Å². The van der Waals surface area contributed by atoms with Crippen LogP contribution in [0, 0.1) is 0 Å². The van der Waals surface area contributed by atoms with E-state index in [0.29, 0.717) is 12.4 Å². The van der Waals surface area contributed by atoms with Crippen molar-refractivity contribution in [3.63, 3.8) is 0 Å². The minimum atomic E-state index is -4.33. The standard InChI is InChI=1S/C13H20F3N3/c1-3-19(4-2)9-5-8-17-12-7-6-11(10-18-12)13(14,15)16/h6-7,10H,3-5,8-9H2,1-2H3,(H,17,18). The molecule has 0 aliphatic heterocycles. The minimum Gasteiger partial charge on any atom is -0.370 e. The smallest absolute Gasteiger partial charge is 0.370 e. The van der Waals surface area contributed by atoms with Gasteiger partial charge in [0.25, 0.3) is 0 Å². The number of nitrogens with zero attached hydrogens (tertiary/aromatic N) is 2. The summed E-state index contributed by atoms with van der Waals surface area (Å²) in [4.78, 5) is 6.05. The van der Waals surface area contributed by atoms with Gasteiger partial charge < -0.3 is 10.2 Å². The fourth-order valence-corrected chi connectivity index (χ4v) is 1.73. The molecule has 0 aromatic carbocycles. The Hall–Kier alpha value is -1.30. The molecule has 0 saturated carbocycles. The summed E-state index contributed by atoms with van der Waals surface area (Å²) >= 11 is 0. The zero-order chi connectivity index (χ0) is 14.3. The lowest BCUT2D eigenvalue weighted by atomic mass is 10.3. The third-order valence-electron chi connectivity index (χ3n) is 2.94. The van der Waals surface area contributed by atoms with E-state index in [9.17, 15) is 13.2 Å². The summed E-state index contributed by atoms with van der Waals surface area (Å²) < 4.78 is 37.0. The lowest BCUT2D eigenvalue weighted by Gasteiger charge is -2.17. The highest BCUT2D eigenvalue weighted by Gasteiger charge is 2.30. The van der Waals surface area contributed by atoms with Gasteiger partial charge in [-0.2, -0.15) is 13.2 Å². The summed E-state index contributed by atoms with van der Waals surface area (Å²) in [6.45, 7) is 7.91. The molecule has 6 heteroatoms. The van der Waals surface area contributed by atoms with Crippen LogP contribution in [-0.2, 0) is 6.18 Å². The molecule has 0 fully saturated rings. The summed E-state index contributed by atoms with van der Waals surface area (Å²) in [7, 11) is 0. The van der Waals surface area contributed by atoms with Crippen molar-refractivity contribution < 1.29 is 13.2 Å². The Morgan fingerprint density at radius 3 is 2.37 bits per heavy atom. The Balaban J connectivity index is 2.34. The molecule has 19 heavy (non-hydrogen) atoms. The van der Waals surface area contributed by atoms with Gasteiger partial charge in [0.2, 0.25) is 0 Å². The van der Waals surface area contributed by atoms with Crippen LogP contribution in [0.3, 0.4) is 0 Å². The number of rotatable bonds is 7. The third-order valence-corrected chi connectivity index (χ3v) is 2.94. The first kappa shape index (κ1) is 15.8. The van der Waals surface area contributed by atoms with Crippen LogP contribution in [0.5, 0.6) is 0 Å². The van der Waals surface area contributed by atoms with Gasteiger partial charge in [0.1, 0.15) is 5.82 Å². The average molecular weight is 275 g/mol. The molecule has 1 aromatic rings. The molecule has 0 radical (unpaired) electrons. The van der Waals surface area contributed by atoms with Crippen molar-refractivity contribution in [2.24, 2.45) is 0 Å². The number of pyridine rings is 1. The second-order valence-electron chi connectivity index (χ2n) is 4.24. The number of anilines is 1. The van der Waals surface area contributed by atoms with E-state index >= 15 is 0 Å². The van der Waals surface area contributed by atoms with Crippen molar-refractivity contribution in [2.75, 3.05) is 31.5 Å². The molecule has 0 spiro atoms. The molecule has 1 aromatic heterocycles. The molecular formula is C13H20F3N3. The van der Waals surface area contributed by atoms with E-state index < -0.39 is 11.7 Å². The Morgan fingerprint density at radius 1 is 1.21 bits per heavy atom. The van der Waals surface area contributed by atoms with Crippen molar-refractivity contribution in [1.29, 1.82) is 0 Å². The fraction of sp³-hybridized carbons (Fsp3) is 0.615. The van der Waals surface area contributed by atoms with Crippen LogP contribution < -0.4 is 5.32 Å². The second-order valence-corrected chi connectivity index (χ2v) is 4.24. The van der Waals surface area contributed by atoms with Gasteiger partial charge in [-0.05, 0) is 38.2 Å². The highest BCUT2D eigenvalue weighted by atomic mass is 19.4. The van der Waals surface area contributed by atoms with E-state index in [2.05, 4.69) is 29.0 Å². The number of alkyl halides is 3. The first-order valence-corrected chi connectivity index (χ1v) is 6.46. The maximum Gasteiger partial charge on any atom is 0.417 e. The van der Waals surface area contributed by atoms with Crippen LogP contribution in [0.15, 0.2) is 18.3 Å². The molecule has 0 amide bonds. The zero-order valence-electron chi connectivity index (χ0n) is 11.3. The minimum absolute atomic E-state index is 0.479. The summed E-state index contributed by atoms with van der Waals surface area (Å²) in [6.07, 6.45) is -2.54. The van der Waals surface area contributed by atoms with Gasteiger partial charge in [0.15, 0.2) is 0 Å².